The Hall–Kier alpha value is -2.25. The average molecular weight is 373 g/mol. The van der Waals surface area contributed by atoms with Gasteiger partial charge in [-0.2, -0.15) is 0 Å². The molecule has 2 amide bonds. The number of H-pyrrole nitrogens is 1. The smallest absolute Gasteiger partial charge is 0.326 e. The van der Waals surface area contributed by atoms with Crippen molar-refractivity contribution in [3.8, 4) is 0 Å². The molecule has 7 heteroatoms. The van der Waals surface area contributed by atoms with Crippen LogP contribution in [0.25, 0.3) is 10.2 Å². The van der Waals surface area contributed by atoms with E-state index in [2.05, 4.69) is 22.2 Å². The third-order valence-corrected chi connectivity index (χ3v) is 5.08. The van der Waals surface area contributed by atoms with Crippen LogP contribution in [0.15, 0.2) is 42.7 Å². The molecule has 0 aliphatic rings. The Morgan fingerprint density at radius 1 is 1.28 bits per heavy atom. The van der Waals surface area contributed by atoms with Crippen molar-refractivity contribution in [2.75, 3.05) is 16.8 Å². The zero-order valence-corrected chi connectivity index (χ0v) is 15.6. The van der Waals surface area contributed by atoms with Gasteiger partial charge in [0.2, 0.25) is 0 Å². The summed E-state index contributed by atoms with van der Waals surface area (Å²) in [6.07, 6.45) is 6.48. The van der Waals surface area contributed by atoms with Crippen molar-refractivity contribution in [3.63, 3.8) is 0 Å². The van der Waals surface area contributed by atoms with E-state index in [0.29, 0.717) is 6.54 Å². The number of aromatic nitrogens is 2. The molecule has 2 aromatic heterocycles. The first-order chi connectivity index (χ1) is 12.2. The zero-order valence-electron chi connectivity index (χ0n) is 14.0. The molecule has 5 nitrogen and oxygen atoms in total. The highest BCUT2D eigenvalue weighted by Gasteiger charge is 2.16. The fourth-order valence-electron chi connectivity index (χ4n) is 2.60. The summed E-state index contributed by atoms with van der Waals surface area (Å²) < 4.78 is 1.80. The summed E-state index contributed by atoms with van der Waals surface area (Å²) in [6, 6.07) is 9.37. The summed E-state index contributed by atoms with van der Waals surface area (Å²) in [5, 5.41) is 2.94. The van der Waals surface area contributed by atoms with Gasteiger partial charge in [-0.25, -0.2) is 4.79 Å². The van der Waals surface area contributed by atoms with Gasteiger partial charge < -0.3 is 10.3 Å². The Morgan fingerprint density at radius 3 is 2.84 bits per heavy atom. The number of rotatable bonds is 6. The van der Waals surface area contributed by atoms with Gasteiger partial charge in [0.25, 0.3) is 0 Å². The monoisotopic (exact) mass is 372 g/mol. The molecule has 2 heterocycles. The number of anilines is 2. The molecule has 2 N–H and O–H groups in total. The molecular weight excluding hydrogens is 352 g/mol. The van der Waals surface area contributed by atoms with Gasteiger partial charge in [0.15, 0.2) is 3.95 Å². The number of carbonyl (C=O) groups excluding carboxylic acids is 1. The van der Waals surface area contributed by atoms with Crippen LogP contribution < -0.4 is 10.2 Å². The molecule has 3 rings (SSSR count). The molecule has 0 atom stereocenters. The highest BCUT2D eigenvalue weighted by molar-refractivity contribution is 7.73. The Labute approximate surface area is 155 Å². The lowest BCUT2D eigenvalue weighted by Crippen LogP contribution is -2.35. The molecule has 0 unspecified atom stereocenters. The predicted molar refractivity (Wildman–Crippen MR) is 107 cm³/mol. The second-order valence-electron chi connectivity index (χ2n) is 5.72. The molecule has 0 spiro atoms. The minimum Gasteiger partial charge on any atom is -0.337 e. The van der Waals surface area contributed by atoms with Gasteiger partial charge in [-0.3, -0.25) is 9.88 Å². The second kappa shape index (κ2) is 8.22. The molecule has 0 aliphatic heterocycles. The van der Waals surface area contributed by atoms with Crippen molar-refractivity contribution in [2.24, 2.45) is 0 Å². The van der Waals surface area contributed by atoms with Gasteiger partial charge >= 0.3 is 6.03 Å². The molecule has 0 radical (unpaired) electrons. The van der Waals surface area contributed by atoms with Crippen molar-refractivity contribution < 1.29 is 4.79 Å². The van der Waals surface area contributed by atoms with Gasteiger partial charge in [0.05, 0.1) is 10.2 Å². The molecule has 0 aliphatic carbocycles. The second-order valence-corrected chi connectivity index (χ2v) is 7.44. The van der Waals surface area contributed by atoms with E-state index in [1.165, 1.54) is 11.3 Å². The largest absolute Gasteiger partial charge is 0.337 e. The van der Waals surface area contributed by atoms with E-state index < -0.39 is 0 Å². The number of thiazole rings is 1. The minimum absolute atomic E-state index is 0.138. The number of pyridine rings is 1. The lowest BCUT2D eigenvalue weighted by Gasteiger charge is -2.23. The van der Waals surface area contributed by atoms with Crippen LogP contribution >= 0.6 is 23.6 Å². The van der Waals surface area contributed by atoms with E-state index in [1.807, 2.05) is 18.2 Å². The number of benzene rings is 1. The topological polar surface area (TPSA) is 61.0 Å². The van der Waals surface area contributed by atoms with Crippen LogP contribution in [-0.2, 0) is 0 Å². The number of nitrogens with one attached hydrogen (secondary N) is 2. The Bertz CT molecular complexity index is 904. The van der Waals surface area contributed by atoms with Crippen LogP contribution in [0.4, 0.5) is 16.2 Å². The van der Waals surface area contributed by atoms with Crippen LogP contribution in [0, 0.1) is 3.95 Å². The van der Waals surface area contributed by atoms with Crippen LogP contribution in [-0.4, -0.2) is 22.5 Å². The molecule has 0 saturated carbocycles. The lowest BCUT2D eigenvalue weighted by atomic mass is 10.2. The standard InChI is InChI=1S/C18H20N4OS2/c1-2-3-4-11-22(17(23)20-13-7-9-19-10-8-13)14-5-6-15-16(12-14)25-18(24)21-15/h5-10,12H,2-4,11H2,1H3,(H,21,24)(H,19,20,23). The van der Waals surface area contributed by atoms with Gasteiger partial charge in [-0.05, 0) is 49.0 Å². The Kier molecular flexibility index (Phi) is 5.78. The van der Waals surface area contributed by atoms with E-state index in [-0.39, 0.29) is 6.03 Å². The third-order valence-electron chi connectivity index (χ3n) is 3.88. The summed E-state index contributed by atoms with van der Waals surface area (Å²) in [4.78, 5) is 21.7. The molecule has 0 saturated heterocycles. The van der Waals surface area contributed by atoms with Crippen molar-refractivity contribution >= 4 is 51.2 Å². The quantitative estimate of drug-likeness (QED) is 0.438. The van der Waals surface area contributed by atoms with Crippen LogP contribution in [0.5, 0.6) is 0 Å². The zero-order chi connectivity index (χ0) is 17.6. The predicted octanol–water partition coefficient (Wildman–Crippen LogP) is 5.58. The molecule has 0 bridgehead atoms. The van der Waals surface area contributed by atoms with Gasteiger partial charge in [-0.15, -0.1) is 11.3 Å². The van der Waals surface area contributed by atoms with E-state index >= 15 is 0 Å². The summed E-state index contributed by atoms with van der Waals surface area (Å²) in [5.41, 5.74) is 2.61. The Balaban J connectivity index is 1.86. The molecule has 0 fully saturated rings. The summed E-state index contributed by atoms with van der Waals surface area (Å²) in [7, 11) is 0. The average Bonchev–Trinajstić information content (AvgIpc) is 2.98. The fraction of sp³-hybridized carbons (Fsp3) is 0.278. The van der Waals surface area contributed by atoms with E-state index in [4.69, 9.17) is 12.2 Å². The maximum Gasteiger partial charge on any atom is 0.326 e. The highest BCUT2D eigenvalue weighted by atomic mass is 32.1. The first kappa shape index (κ1) is 17.6. The van der Waals surface area contributed by atoms with E-state index in [9.17, 15) is 4.79 Å². The third kappa shape index (κ3) is 4.43. The van der Waals surface area contributed by atoms with E-state index in [1.54, 1.807) is 29.4 Å². The molecular formula is C18H20N4OS2. The lowest BCUT2D eigenvalue weighted by molar-refractivity contribution is 0.256. The maximum absolute atomic E-state index is 12.8. The number of hydrogen-bond donors (Lipinski definition) is 2. The van der Waals surface area contributed by atoms with E-state index in [0.717, 1.165) is 44.8 Å². The molecule has 25 heavy (non-hydrogen) atoms. The van der Waals surface area contributed by atoms with Gasteiger partial charge in [0, 0.05) is 30.3 Å². The first-order valence-corrected chi connectivity index (χ1v) is 9.51. The number of urea groups is 1. The maximum atomic E-state index is 12.8. The number of fused-ring (bicyclic) bond motifs is 1. The minimum atomic E-state index is -0.138. The number of hydrogen-bond acceptors (Lipinski definition) is 4. The van der Waals surface area contributed by atoms with Gasteiger partial charge in [0.1, 0.15) is 0 Å². The number of carbonyl (C=O) groups is 1. The normalized spacial score (nSPS) is 10.8. The number of amides is 2. The van der Waals surface area contributed by atoms with Crippen molar-refractivity contribution in [1.29, 1.82) is 0 Å². The van der Waals surface area contributed by atoms with Crippen LogP contribution in [0.2, 0.25) is 0 Å². The molecule has 3 aromatic rings. The highest BCUT2D eigenvalue weighted by Crippen LogP contribution is 2.26. The number of nitrogens with zero attached hydrogens (tertiary/aromatic N) is 2. The summed E-state index contributed by atoms with van der Waals surface area (Å²) in [5.74, 6) is 0. The summed E-state index contributed by atoms with van der Waals surface area (Å²) in [6.45, 7) is 2.83. The van der Waals surface area contributed by atoms with Gasteiger partial charge in [-0.1, -0.05) is 19.8 Å². The number of unbranched alkanes of at least 4 members (excludes halogenated alkanes) is 2. The number of aromatic amines is 1. The fourth-order valence-corrected chi connectivity index (χ4v) is 3.74. The molecule has 1 aromatic carbocycles. The first-order valence-electron chi connectivity index (χ1n) is 8.29. The summed E-state index contributed by atoms with van der Waals surface area (Å²) >= 11 is 6.73. The van der Waals surface area contributed by atoms with Crippen molar-refractivity contribution in [2.45, 2.75) is 26.2 Å². The van der Waals surface area contributed by atoms with Crippen LogP contribution in [0.1, 0.15) is 26.2 Å². The van der Waals surface area contributed by atoms with Crippen molar-refractivity contribution in [3.05, 3.63) is 46.7 Å². The Morgan fingerprint density at radius 2 is 2.08 bits per heavy atom. The van der Waals surface area contributed by atoms with Crippen LogP contribution in [0.3, 0.4) is 0 Å². The van der Waals surface area contributed by atoms with Crippen molar-refractivity contribution in [1.82, 2.24) is 9.97 Å². The SMILES string of the molecule is CCCCCN(C(=O)Nc1ccncc1)c1ccc2[nH]c(=S)sc2c1. The molecule has 130 valence electrons.